The van der Waals surface area contributed by atoms with Crippen LogP contribution < -0.4 is 10.5 Å². The first-order chi connectivity index (χ1) is 8.56. The SMILES string of the molecule is CC(N)c1cccc(Oc2cc(F)ccc2Br)c1. The van der Waals surface area contributed by atoms with E-state index in [2.05, 4.69) is 15.9 Å². The molecule has 0 saturated carbocycles. The van der Waals surface area contributed by atoms with Gasteiger partial charge in [-0.2, -0.15) is 0 Å². The zero-order chi connectivity index (χ0) is 13.1. The molecule has 4 heteroatoms. The van der Waals surface area contributed by atoms with Crippen molar-refractivity contribution >= 4 is 15.9 Å². The number of hydrogen-bond donors (Lipinski definition) is 1. The second-order valence-corrected chi connectivity index (χ2v) is 4.89. The molecule has 2 nitrogen and oxygen atoms in total. The van der Waals surface area contributed by atoms with Gasteiger partial charge in [-0.15, -0.1) is 0 Å². The molecular weight excluding hydrogens is 297 g/mol. The van der Waals surface area contributed by atoms with Crippen molar-refractivity contribution in [3.05, 3.63) is 58.3 Å². The quantitative estimate of drug-likeness (QED) is 0.912. The van der Waals surface area contributed by atoms with Gasteiger partial charge in [0, 0.05) is 12.1 Å². The largest absolute Gasteiger partial charge is 0.456 e. The fourth-order valence-corrected chi connectivity index (χ4v) is 1.87. The molecule has 94 valence electrons. The van der Waals surface area contributed by atoms with Crippen molar-refractivity contribution < 1.29 is 9.13 Å². The number of nitrogens with two attached hydrogens (primary N) is 1. The summed E-state index contributed by atoms with van der Waals surface area (Å²) in [6.07, 6.45) is 0. The third-order valence-electron chi connectivity index (χ3n) is 2.50. The van der Waals surface area contributed by atoms with Crippen LogP contribution in [0.4, 0.5) is 4.39 Å². The van der Waals surface area contributed by atoms with Gasteiger partial charge in [-0.05, 0) is 52.7 Å². The van der Waals surface area contributed by atoms with Crippen molar-refractivity contribution in [3.63, 3.8) is 0 Å². The molecule has 0 saturated heterocycles. The molecule has 0 aliphatic heterocycles. The van der Waals surface area contributed by atoms with Crippen molar-refractivity contribution in [2.24, 2.45) is 5.73 Å². The molecule has 2 N–H and O–H groups in total. The summed E-state index contributed by atoms with van der Waals surface area (Å²) in [5.74, 6) is 0.740. The van der Waals surface area contributed by atoms with Crippen LogP contribution in [0.3, 0.4) is 0 Å². The van der Waals surface area contributed by atoms with Crippen LogP contribution >= 0.6 is 15.9 Å². The van der Waals surface area contributed by atoms with E-state index in [4.69, 9.17) is 10.5 Å². The standard InChI is InChI=1S/C14H13BrFNO/c1-9(17)10-3-2-4-12(7-10)18-14-8-11(16)5-6-13(14)15/h2-9H,17H2,1H3. The Balaban J connectivity index is 2.28. The van der Waals surface area contributed by atoms with Crippen molar-refractivity contribution in [2.75, 3.05) is 0 Å². The fourth-order valence-electron chi connectivity index (χ4n) is 1.54. The number of benzene rings is 2. The van der Waals surface area contributed by atoms with E-state index >= 15 is 0 Å². The Bertz CT molecular complexity index is 557. The maximum atomic E-state index is 13.1. The Labute approximate surface area is 114 Å². The van der Waals surface area contributed by atoms with Gasteiger partial charge in [0.2, 0.25) is 0 Å². The highest BCUT2D eigenvalue weighted by Gasteiger charge is 2.06. The summed E-state index contributed by atoms with van der Waals surface area (Å²) in [7, 11) is 0. The van der Waals surface area contributed by atoms with Crippen LogP contribution in [0.2, 0.25) is 0 Å². The van der Waals surface area contributed by atoms with E-state index in [0.29, 0.717) is 16.0 Å². The monoisotopic (exact) mass is 309 g/mol. The zero-order valence-corrected chi connectivity index (χ0v) is 11.4. The lowest BCUT2D eigenvalue weighted by atomic mass is 10.1. The number of hydrogen-bond acceptors (Lipinski definition) is 2. The maximum absolute atomic E-state index is 13.1. The van der Waals surface area contributed by atoms with Crippen molar-refractivity contribution in [1.82, 2.24) is 0 Å². The van der Waals surface area contributed by atoms with E-state index in [-0.39, 0.29) is 11.9 Å². The van der Waals surface area contributed by atoms with Gasteiger partial charge in [0.15, 0.2) is 0 Å². The van der Waals surface area contributed by atoms with Crippen molar-refractivity contribution in [3.8, 4) is 11.5 Å². The molecule has 0 amide bonds. The van der Waals surface area contributed by atoms with Crippen LogP contribution in [-0.4, -0.2) is 0 Å². The van der Waals surface area contributed by atoms with Crippen molar-refractivity contribution in [2.45, 2.75) is 13.0 Å². The molecule has 18 heavy (non-hydrogen) atoms. The molecule has 2 aromatic rings. The van der Waals surface area contributed by atoms with Gasteiger partial charge in [0.1, 0.15) is 17.3 Å². The van der Waals surface area contributed by atoms with E-state index < -0.39 is 0 Å². The van der Waals surface area contributed by atoms with E-state index in [1.807, 2.05) is 31.2 Å². The third kappa shape index (κ3) is 3.09. The van der Waals surface area contributed by atoms with Gasteiger partial charge in [-0.25, -0.2) is 4.39 Å². The van der Waals surface area contributed by atoms with Gasteiger partial charge in [0.05, 0.1) is 4.47 Å². The summed E-state index contributed by atoms with van der Waals surface area (Å²) < 4.78 is 19.5. The van der Waals surface area contributed by atoms with E-state index in [0.717, 1.165) is 5.56 Å². The molecule has 2 aromatic carbocycles. The van der Waals surface area contributed by atoms with Crippen LogP contribution in [0.25, 0.3) is 0 Å². The maximum Gasteiger partial charge on any atom is 0.144 e. The summed E-state index contributed by atoms with van der Waals surface area (Å²) in [4.78, 5) is 0. The lowest BCUT2D eigenvalue weighted by molar-refractivity contribution is 0.472. The highest BCUT2D eigenvalue weighted by molar-refractivity contribution is 9.10. The summed E-state index contributed by atoms with van der Waals surface area (Å²) >= 11 is 3.32. The summed E-state index contributed by atoms with van der Waals surface area (Å²) in [6, 6.07) is 11.7. The normalized spacial score (nSPS) is 12.2. The van der Waals surface area contributed by atoms with E-state index in [1.165, 1.54) is 12.1 Å². The minimum Gasteiger partial charge on any atom is -0.456 e. The molecular formula is C14H13BrFNO. The Hall–Kier alpha value is -1.39. The minimum atomic E-state index is -0.337. The fraction of sp³-hybridized carbons (Fsp3) is 0.143. The minimum absolute atomic E-state index is 0.0653. The lowest BCUT2D eigenvalue weighted by Gasteiger charge is -2.10. The summed E-state index contributed by atoms with van der Waals surface area (Å²) in [6.45, 7) is 1.90. The molecule has 2 rings (SSSR count). The first-order valence-electron chi connectivity index (χ1n) is 5.54. The molecule has 1 atom stereocenters. The first-order valence-corrected chi connectivity index (χ1v) is 6.34. The number of ether oxygens (including phenoxy) is 1. The van der Waals surface area contributed by atoms with Gasteiger partial charge in [0.25, 0.3) is 0 Å². The molecule has 0 aromatic heterocycles. The van der Waals surface area contributed by atoms with E-state index in [1.54, 1.807) is 6.07 Å². The van der Waals surface area contributed by atoms with Crippen LogP contribution in [0.5, 0.6) is 11.5 Å². The summed E-state index contributed by atoms with van der Waals surface area (Å²) in [5.41, 5.74) is 6.78. The topological polar surface area (TPSA) is 35.2 Å². The number of halogens is 2. The smallest absolute Gasteiger partial charge is 0.144 e. The molecule has 0 bridgehead atoms. The van der Waals surface area contributed by atoms with Crippen LogP contribution in [0.1, 0.15) is 18.5 Å². The molecule has 1 unspecified atom stereocenters. The lowest BCUT2D eigenvalue weighted by Crippen LogP contribution is -2.04. The van der Waals surface area contributed by atoms with Gasteiger partial charge in [-0.1, -0.05) is 12.1 Å². The average Bonchev–Trinajstić information content (AvgIpc) is 2.34. The Morgan fingerprint density at radius 3 is 2.72 bits per heavy atom. The van der Waals surface area contributed by atoms with Crippen LogP contribution in [0, 0.1) is 5.82 Å². The predicted molar refractivity (Wildman–Crippen MR) is 73.2 cm³/mol. The molecule has 0 aliphatic carbocycles. The predicted octanol–water partition coefficient (Wildman–Crippen LogP) is 4.40. The van der Waals surface area contributed by atoms with Crippen LogP contribution in [-0.2, 0) is 0 Å². The Morgan fingerprint density at radius 2 is 2.00 bits per heavy atom. The highest BCUT2D eigenvalue weighted by Crippen LogP contribution is 2.31. The van der Waals surface area contributed by atoms with Gasteiger partial charge in [-0.3, -0.25) is 0 Å². The molecule has 0 aliphatic rings. The third-order valence-corrected chi connectivity index (χ3v) is 3.16. The van der Waals surface area contributed by atoms with Crippen LogP contribution in [0.15, 0.2) is 46.9 Å². The molecule has 0 spiro atoms. The van der Waals surface area contributed by atoms with Gasteiger partial charge < -0.3 is 10.5 Å². The summed E-state index contributed by atoms with van der Waals surface area (Å²) in [5, 5.41) is 0. The van der Waals surface area contributed by atoms with E-state index in [9.17, 15) is 4.39 Å². The molecule has 0 radical (unpaired) electrons. The zero-order valence-electron chi connectivity index (χ0n) is 9.86. The first kappa shape index (κ1) is 13.1. The second kappa shape index (κ2) is 5.50. The number of rotatable bonds is 3. The average molecular weight is 310 g/mol. The molecule has 0 heterocycles. The molecule has 0 fully saturated rings. The van der Waals surface area contributed by atoms with Crippen molar-refractivity contribution in [1.29, 1.82) is 0 Å². The second-order valence-electron chi connectivity index (χ2n) is 4.04. The van der Waals surface area contributed by atoms with Gasteiger partial charge >= 0.3 is 0 Å². The Morgan fingerprint density at radius 1 is 1.22 bits per heavy atom. The highest BCUT2D eigenvalue weighted by atomic mass is 79.9. The Kier molecular flexibility index (Phi) is 3.99.